The van der Waals surface area contributed by atoms with Crippen molar-refractivity contribution in [2.75, 3.05) is 13.2 Å². The van der Waals surface area contributed by atoms with Crippen LogP contribution >= 0.6 is 0 Å². The molecule has 4 nitrogen and oxygen atoms in total. The van der Waals surface area contributed by atoms with E-state index in [1.54, 1.807) is 0 Å². The third-order valence-electron chi connectivity index (χ3n) is 2.12. The Bertz CT molecular complexity index is 181. The molecule has 0 aliphatic carbocycles. The van der Waals surface area contributed by atoms with E-state index in [-0.39, 0.29) is 6.23 Å². The highest BCUT2D eigenvalue weighted by Gasteiger charge is 2.38. The monoisotopic (exact) mass is 155 g/mol. The fraction of sp³-hybridized carbons (Fsp3) is 1.00. The SMILES string of the molecule is CC(C)[C@H]1OC[C@@H]2CN=NN21. The molecule has 0 aromatic heterocycles. The van der Waals surface area contributed by atoms with Gasteiger partial charge in [0, 0.05) is 0 Å². The molecule has 2 rings (SSSR count). The first-order valence-corrected chi connectivity index (χ1v) is 4.06. The van der Waals surface area contributed by atoms with E-state index < -0.39 is 0 Å². The number of hydrogen-bond acceptors (Lipinski definition) is 4. The summed E-state index contributed by atoms with van der Waals surface area (Å²) in [6.07, 6.45) is 0.159. The Hall–Kier alpha value is -0.640. The van der Waals surface area contributed by atoms with E-state index in [0.717, 1.165) is 13.2 Å². The summed E-state index contributed by atoms with van der Waals surface area (Å²) in [5, 5.41) is 10.00. The minimum absolute atomic E-state index is 0.159. The van der Waals surface area contributed by atoms with Crippen LogP contribution in [0.2, 0.25) is 0 Å². The van der Waals surface area contributed by atoms with E-state index >= 15 is 0 Å². The number of hydrogen-bond donors (Lipinski definition) is 0. The van der Waals surface area contributed by atoms with Gasteiger partial charge in [-0.05, 0) is 5.92 Å². The van der Waals surface area contributed by atoms with Crippen LogP contribution in [0.1, 0.15) is 13.8 Å². The van der Waals surface area contributed by atoms with Gasteiger partial charge in [-0.25, -0.2) is 5.01 Å². The third-order valence-corrected chi connectivity index (χ3v) is 2.12. The fourth-order valence-electron chi connectivity index (χ4n) is 1.53. The lowest BCUT2D eigenvalue weighted by atomic mass is 10.2. The van der Waals surface area contributed by atoms with Crippen molar-refractivity contribution >= 4 is 0 Å². The van der Waals surface area contributed by atoms with Crippen molar-refractivity contribution in [3.8, 4) is 0 Å². The number of ether oxygens (including phenoxy) is 1. The second kappa shape index (κ2) is 2.44. The summed E-state index contributed by atoms with van der Waals surface area (Å²) < 4.78 is 5.55. The van der Waals surface area contributed by atoms with E-state index in [9.17, 15) is 0 Å². The highest BCUT2D eigenvalue weighted by atomic mass is 16.5. The molecule has 1 saturated heterocycles. The molecule has 2 atom stereocenters. The molecule has 0 spiro atoms. The van der Waals surface area contributed by atoms with Crippen molar-refractivity contribution in [1.82, 2.24) is 5.01 Å². The molecule has 0 aromatic rings. The minimum atomic E-state index is 0.159. The molecule has 11 heavy (non-hydrogen) atoms. The summed E-state index contributed by atoms with van der Waals surface area (Å²) in [6.45, 7) is 5.88. The lowest BCUT2D eigenvalue weighted by molar-refractivity contribution is -0.00367. The van der Waals surface area contributed by atoms with E-state index in [4.69, 9.17) is 4.74 Å². The highest BCUT2D eigenvalue weighted by molar-refractivity contribution is 4.83. The molecule has 2 aliphatic heterocycles. The van der Waals surface area contributed by atoms with E-state index in [0.29, 0.717) is 12.0 Å². The van der Waals surface area contributed by atoms with Gasteiger partial charge in [0.1, 0.15) is 6.23 Å². The molecular formula is C7H13N3O. The van der Waals surface area contributed by atoms with Crippen molar-refractivity contribution in [3.63, 3.8) is 0 Å². The Morgan fingerprint density at radius 3 is 3.09 bits per heavy atom. The molecule has 0 unspecified atom stereocenters. The zero-order valence-corrected chi connectivity index (χ0v) is 6.90. The molecule has 4 heteroatoms. The van der Waals surface area contributed by atoms with Gasteiger partial charge in [-0.1, -0.05) is 19.1 Å². The van der Waals surface area contributed by atoms with E-state index in [1.165, 1.54) is 0 Å². The van der Waals surface area contributed by atoms with Crippen molar-refractivity contribution in [2.24, 2.45) is 16.3 Å². The van der Waals surface area contributed by atoms with Crippen LogP contribution in [0.15, 0.2) is 10.3 Å². The zero-order valence-electron chi connectivity index (χ0n) is 6.90. The van der Waals surface area contributed by atoms with Gasteiger partial charge in [0.15, 0.2) is 0 Å². The van der Waals surface area contributed by atoms with Gasteiger partial charge >= 0.3 is 0 Å². The van der Waals surface area contributed by atoms with Crippen LogP contribution in [0.4, 0.5) is 0 Å². The summed E-state index contributed by atoms with van der Waals surface area (Å²) in [6, 6.07) is 0.419. The van der Waals surface area contributed by atoms with Crippen LogP contribution in [0.25, 0.3) is 0 Å². The van der Waals surface area contributed by atoms with Gasteiger partial charge in [0.05, 0.1) is 19.2 Å². The van der Waals surface area contributed by atoms with Crippen molar-refractivity contribution in [3.05, 3.63) is 0 Å². The summed E-state index contributed by atoms with van der Waals surface area (Å²) in [5.41, 5.74) is 0. The van der Waals surface area contributed by atoms with E-state index in [2.05, 4.69) is 24.2 Å². The van der Waals surface area contributed by atoms with Crippen LogP contribution in [0.3, 0.4) is 0 Å². The molecular weight excluding hydrogens is 142 g/mol. The number of nitrogens with zero attached hydrogens (tertiary/aromatic N) is 3. The molecule has 0 N–H and O–H groups in total. The van der Waals surface area contributed by atoms with Crippen LogP contribution in [0.5, 0.6) is 0 Å². The Kier molecular flexibility index (Phi) is 1.56. The normalized spacial score (nSPS) is 35.4. The number of rotatable bonds is 1. The van der Waals surface area contributed by atoms with Crippen molar-refractivity contribution < 1.29 is 4.74 Å². The van der Waals surface area contributed by atoms with Crippen LogP contribution < -0.4 is 0 Å². The average Bonchev–Trinajstić information content (AvgIpc) is 2.41. The van der Waals surface area contributed by atoms with Gasteiger partial charge in [-0.15, -0.1) is 0 Å². The maximum Gasteiger partial charge on any atom is 0.150 e. The quantitative estimate of drug-likeness (QED) is 0.567. The minimum Gasteiger partial charge on any atom is -0.354 e. The molecule has 0 amide bonds. The first kappa shape index (κ1) is 7.03. The Morgan fingerprint density at radius 2 is 2.36 bits per heavy atom. The first-order chi connectivity index (χ1) is 5.29. The molecule has 2 heterocycles. The second-order valence-corrected chi connectivity index (χ2v) is 3.42. The molecule has 0 radical (unpaired) electrons. The summed E-state index contributed by atoms with van der Waals surface area (Å²) in [7, 11) is 0. The van der Waals surface area contributed by atoms with Gasteiger partial charge in [0.2, 0.25) is 0 Å². The lowest BCUT2D eigenvalue weighted by Crippen LogP contribution is -2.33. The predicted octanol–water partition coefficient (Wildman–Crippen LogP) is 1.05. The Morgan fingerprint density at radius 1 is 1.55 bits per heavy atom. The molecule has 2 aliphatic rings. The van der Waals surface area contributed by atoms with Gasteiger partial charge < -0.3 is 4.74 Å². The van der Waals surface area contributed by atoms with Crippen LogP contribution in [0, 0.1) is 5.92 Å². The topological polar surface area (TPSA) is 37.2 Å². The fourth-order valence-corrected chi connectivity index (χ4v) is 1.53. The van der Waals surface area contributed by atoms with Gasteiger partial charge in [0.25, 0.3) is 0 Å². The van der Waals surface area contributed by atoms with Crippen molar-refractivity contribution in [2.45, 2.75) is 26.1 Å². The molecule has 0 saturated carbocycles. The smallest absolute Gasteiger partial charge is 0.150 e. The zero-order chi connectivity index (χ0) is 7.84. The summed E-state index contributed by atoms with van der Waals surface area (Å²) in [5.74, 6) is 0.497. The largest absolute Gasteiger partial charge is 0.354 e. The molecule has 62 valence electrons. The third kappa shape index (κ3) is 1.01. The summed E-state index contributed by atoms with van der Waals surface area (Å²) in [4.78, 5) is 0. The van der Waals surface area contributed by atoms with E-state index in [1.807, 2.05) is 5.01 Å². The lowest BCUT2D eigenvalue weighted by Gasteiger charge is -2.21. The maximum absolute atomic E-state index is 5.55. The van der Waals surface area contributed by atoms with Crippen molar-refractivity contribution in [1.29, 1.82) is 0 Å². The summed E-state index contributed by atoms with van der Waals surface area (Å²) >= 11 is 0. The highest BCUT2D eigenvalue weighted by Crippen LogP contribution is 2.26. The average molecular weight is 155 g/mol. The second-order valence-electron chi connectivity index (χ2n) is 3.42. The first-order valence-electron chi connectivity index (χ1n) is 4.06. The maximum atomic E-state index is 5.55. The van der Waals surface area contributed by atoms with Gasteiger partial charge in [-0.3, -0.25) is 0 Å². The Labute approximate surface area is 66.2 Å². The van der Waals surface area contributed by atoms with Crippen LogP contribution in [-0.4, -0.2) is 30.4 Å². The van der Waals surface area contributed by atoms with Crippen LogP contribution in [-0.2, 0) is 4.74 Å². The molecule has 0 bridgehead atoms. The molecule has 0 aromatic carbocycles. The predicted molar refractivity (Wildman–Crippen MR) is 39.9 cm³/mol. The number of fused-ring (bicyclic) bond motifs is 1. The standard InChI is InChI=1S/C7H13N3O/c1-5(2)7-10-6(4-11-7)3-8-9-10/h5-7H,3-4H2,1-2H3/t6-,7+/m0/s1. The van der Waals surface area contributed by atoms with Gasteiger partial charge in [-0.2, -0.15) is 5.11 Å². The Balaban J connectivity index is 2.08. The molecule has 1 fully saturated rings.